The number of fused-ring (bicyclic) bond motifs is 1. The van der Waals surface area contributed by atoms with Gasteiger partial charge in [0, 0.05) is 36.0 Å². The quantitative estimate of drug-likeness (QED) is 0.175. The third kappa shape index (κ3) is 6.22. The van der Waals surface area contributed by atoms with E-state index in [1.54, 1.807) is 53.2 Å². The number of amides is 1. The Labute approximate surface area is 231 Å². The summed E-state index contributed by atoms with van der Waals surface area (Å²) >= 11 is 0. The fourth-order valence-electron chi connectivity index (χ4n) is 4.51. The number of rotatable bonds is 8. The number of anilines is 2. The number of carbonyl (C=O) groups excluding carboxylic acids is 1. The molecule has 0 aliphatic heterocycles. The Hall–Kier alpha value is -5.12. The summed E-state index contributed by atoms with van der Waals surface area (Å²) < 4.78 is 54.7. The number of aromatic nitrogens is 1. The molecule has 0 saturated heterocycles. The Morgan fingerprint density at radius 3 is 2.22 bits per heavy atom. The number of hydrogen-bond donors (Lipinski definition) is 3. The van der Waals surface area contributed by atoms with Gasteiger partial charge in [0.2, 0.25) is 0 Å². The lowest BCUT2D eigenvalue weighted by atomic mass is 10.1. The molecule has 208 valence electrons. The minimum absolute atomic E-state index is 0.129. The molecule has 4 aromatic carbocycles. The number of alkyl halides is 3. The van der Waals surface area contributed by atoms with E-state index in [9.17, 15) is 27.2 Å². The van der Waals surface area contributed by atoms with Gasteiger partial charge >= 0.3 is 12.1 Å². The topological polar surface area (TPSA) is 83.4 Å². The highest BCUT2D eigenvalue weighted by Gasteiger charge is 2.30. The predicted octanol–water partition coefficient (Wildman–Crippen LogP) is 7.22. The van der Waals surface area contributed by atoms with E-state index < -0.39 is 29.4 Å². The molecule has 1 amide bonds. The summed E-state index contributed by atoms with van der Waals surface area (Å²) in [5.74, 6) is -1.87. The molecule has 0 radical (unpaired) electrons. The molecule has 0 aliphatic carbocycles. The summed E-state index contributed by atoms with van der Waals surface area (Å²) in [6, 6.07) is 22.0. The number of carbonyl (C=O) groups is 2. The van der Waals surface area contributed by atoms with Crippen molar-refractivity contribution in [2.45, 2.75) is 19.3 Å². The largest absolute Gasteiger partial charge is 0.478 e. The Balaban J connectivity index is 1.48. The average Bonchev–Trinajstić information content (AvgIpc) is 3.36. The lowest BCUT2D eigenvalue weighted by Crippen LogP contribution is -2.23. The molecule has 6 nitrogen and oxygen atoms in total. The fraction of sp³-hybridized carbons (Fsp3) is 0.0968. The molecular weight excluding hydrogens is 538 g/mol. The van der Waals surface area contributed by atoms with Crippen molar-refractivity contribution in [3.8, 4) is 0 Å². The summed E-state index contributed by atoms with van der Waals surface area (Å²) in [4.78, 5) is 24.5. The van der Waals surface area contributed by atoms with Crippen molar-refractivity contribution in [3.05, 3.63) is 131 Å². The van der Waals surface area contributed by atoms with E-state index in [2.05, 4.69) is 10.6 Å². The Kier molecular flexibility index (Phi) is 7.47. The second-order valence-corrected chi connectivity index (χ2v) is 9.38. The van der Waals surface area contributed by atoms with Crippen molar-refractivity contribution >= 4 is 34.2 Å². The maximum absolute atomic E-state index is 13.8. The molecule has 0 aliphatic rings. The monoisotopic (exact) mass is 561 g/mol. The van der Waals surface area contributed by atoms with Crippen LogP contribution in [-0.4, -0.2) is 21.6 Å². The van der Waals surface area contributed by atoms with Crippen molar-refractivity contribution in [2.24, 2.45) is 0 Å². The highest BCUT2D eigenvalue weighted by Crippen LogP contribution is 2.32. The number of carboxylic acids is 1. The number of carboxylic acid groups (broad SMARTS) is 1. The van der Waals surface area contributed by atoms with Crippen LogP contribution in [0.25, 0.3) is 10.9 Å². The third-order valence-electron chi connectivity index (χ3n) is 6.56. The molecule has 0 spiro atoms. The standard InChI is InChI=1S/C31H23F4N3O3/c32-23-2-1-3-24(16-23)37-27-13-12-26(29(39)36-17-19-4-8-21(9-5-19)30(40)41)28-25(27)14-15-38(28)18-20-6-10-22(11-7-20)31(33,34)35/h1-16,37H,17-18H2,(H,36,39)(H,40,41). The van der Waals surface area contributed by atoms with Gasteiger partial charge in [0.05, 0.1) is 22.2 Å². The first kappa shape index (κ1) is 27.4. The summed E-state index contributed by atoms with van der Waals surface area (Å²) in [6.07, 6.45) is -2.71. The SMILES string of the molecule is O=C(O)c1ccc(CNC(=O)c2ccc(Nc3cccc(F)c3)c3ccn(Cc4ccc(C(F)(F)F)cc4)c23)cc1. The summed E-state index contributed by atoms with van der Waals surface area (Å²) in [5.41, 5.74) is 2.64. The molecule has 0 unspecified atom stereocenters. The van der Waals surface area contributed by atoms with Crippen LogP contribution >= 0.6 is 0 Å². The molecular formula is C31H23F4N3O3. The normalized spacial score (nSPS) is 11.4. The van der Waals surface area contributed by atoms with Crippen LogP contribution in [0.4, 0.5) is 28.9 Å². The van der Waals surface area contributed by atoms with Crippen LogP contribution in [0, 0.1) is 5.82 Å². The van der Waals surface area contributed by atoms with Crippen molar-refractivity contribution < 1.29 is 32.3 Å². The first-order chi connectivity index (χ1) is 19.6. The molecule has 0 atom stereocenters. The maximum Gasteiger partial charge on any atom is 0.416 e. The number of hydrogen-bond acceptors (Lipinski definition) is 3. The zero-order chi connectivity index (χ0) is 29.1. The molecule has 10 heteroatoms. The number of halogens is 4. The zero-order valence-corrected chi connectivity index (χ0v) is 21.4. The fourth-order valence-corrected chi connectivity index (χ4v) is 4.51. The van der Waals surface area contributed by atoms with Gasteiger partial charge in [-0.15, -0.1) is 0 Å². The van der Waals surface area contributed by atoms with E-state index >= 15 is 0 Å². The van der Waals surface area contributed by atoms with E-state index in [0.717, 1.165) is 12.1 Å². The van der Waals surface area contributed by atoms with Gasteiger partial charge in [0.1, 0.15) is 5.82 Å². The molecule has 0 saturated carbocycles. The molecule has 5 aromatic rings. The van der Waals surface area contributed by atoms with Crippen LogP contribution in [0.3, 0.4) is 0 Å². The number of aromatic carboxylic acids is 1. The van der Waals surface area contributed by atoms with Crippen LogP contribution < -0.4 is 10.6 Å². The minimum atomic E-state index is -4.45. The minimum Gasteiger partial charge on any atom is -0.478 e. The van der Waals surface area contributed by atoms with Gasteiger partial charge in [0.25, 0.3) is 5.91 Å². The Morgan fingerprint density at radius 2 is 1.56 bits per heavy atom. The Morgan fingerprint density at radius 1 is 0.854 bits per heavy atom. The van der Waals surface area contributed by atoms with Crippen LogP contribution in [0.1, 0.15) is 37.4 Å². The second-order valence-electron chi connectivity index (χ2n) is 9.38. The molecule has 3 N–H and O–H groups in total. The van der Waals surface area contributed by atoms with E-state index in [1.165, 1.54) is 36.4 Å². The molecule has 5 rings (SSSR count). The summed E-state index contributed by atoms with van der Waals surface area (Å²) in [7, 11) is 0. The second kappa shape index (κ2) is 11.2. The zero-order valence-electron chi connectivity index (χ0n) is 21.4. The number of nitrogens with one attached hydrogen (secondary N) is 2. The summed E-state index contributed by atoms with van der Waals surface area (Å²) in [6.45, 7) is 0.338. The van der Waals surface area contributed by atoms with Crippen LogP contribution in [-0.2, 0) is 19.3 Å². The van der Waals surface area contributed by atoms with Crippen LogP contribution in [0.2, 0.25) is 0 Å². The highest BCUT2D eigenvalue weighted by molar-refractivity contribution is 6.09. The molecule has 1 aromatic heterocycles. The maximum atomic E-state index is 13.8. The number of nitrogens with zero attached hydrogens (tertiary/aromatic N) is 1. The average molecular weight is 562 g/mol. The lowest BCUT2D eigenvalue weighted by Gasteiger charge is -2.15. The molecule has 0 fully saturated rings. The third-order valence-corrected chi connectivity index (χ3v) is 6.56. The van der Waals surface area contributed by atoms with Gasteiger partial charge in [-0.05, 0) is 71.8 Å². The number of benzene rings is 4. The van der Waals surface area contributed by atoms with Crippen molar-refractivity contribution in [3.63, 3.8) is 0 Å². The lowest BCUT2D eigenvalue weighted by molar-refractivity contribution is -0.137. The van der Waals surface area contributed by atoms with E-state index in [4.69, 9.17) is 5.11 Å². The smallest absolute Gasteiger partial charge is 0.416 e. The summed E-state index contributed by atoms with van der Waals surface area (Å²) in [5, 5.41) is 15.8. The van der Waals surface area contributed by atoms with E-state index in [0.29, 0.717) is 39.0 Å². The van der Waals surface area contributed by atoms with Crippen LogP contribution in [0.5, 0.6) is 0 Å². The van der Waals surface area contributed by atoms with Gasteiger partial charge in [-0.3, -0.25) is 4.79 Å². The first-order valence-electron chi connectivity index (χ1n) is 12.5. The van der Waals surface area contributed by atoms with Gasteiger partial charge < -0.3 is 20.3 Å². The van der Waals surface area contributed by atoms with Crippen LogP contribution in [0.15, 0.2) is 97.2 Å². The van der Waals surface area contributed by atoms with Gasteiger partial charge in [-0.1, -0.05) is 30.3 Å². The first-order valence-corrected chi connectivity index (χ1v) is 12.5. The van der Waals surface area contributed by atoms with Gasteiger partial charge in [-0.25, -0.2) is 9.18 Å². The Bertz CT molecular complexity index is 1730. The van der Waals surface area contributed by atoms with Crippen molar-refractivity contribution in [2.75, 3.05) is 5.32 Å². The van der Waals surface area contributed by atoms with Crippen molar-refractivity contribution in [1.82, 2.24) is 9.88 Å². The molecule has 1 heterocycles. The molecule has 41 heavy (non-hydrogen) atoms. The molecule has 0 bridgehead atoms. The van der Waals surface area contributed by atoms with Crippen molar-refractivity contribution in [1.29, 1.82) is 0 Å². The highest BCUT2D eigenvalue weighted by atomic mass is 19.4. The van der Waals surface area contributed by atoms with Gasteiger partial charge in [-0.2, -0.15) is 13.2 Å². The van der Waals surface area contributed by atoms with E-state index in [1.807, 2.05) is 0 Å². The predicted molar refractivity (Wildman–Crippen MR) is 147 cm³/mol. The van der Waals surface area contributed by atoms with Gasteiger partial charge in [0.15, 0.2) is 0 Å². The van der Waals surface area contributed by atoms with E-state index in [-0.39, 0.29) is 18.7 Å².